The number of fused-ring (bicyclic) bond motifs is 1. The smallest absolute Gasteiger partial charge is 0.262 e. The third-order valence-electron chi connectivity index (χ3n) is 1.83. The van der Waals surface area contributed by atoms with Crippen LogP contribution in [0.2, 0.25) is 0 Å². The van der Waals surface area contributed by atoms with E-state index < -0.39 is 9.05 Å². The van der Waals surface area contributed by atoms with Crippen LogP contribution in [0.3, 0.4) is 0 Å². The predicted octanol–water partition coefficient (Wildman–Crippen LogP) is 1.57. The van der Waals surface area contributed by atoms with Gasteiger partial charge in [-0.2, -0.15) is 0 Å². The van der Waals surface area contributed by atoms with E-state index in [4.69, 9.17) is 10.7 Å². The molecule has 2 rings (SSSR count). The van der Waals surface area contributed by atoms with Crippen LogP contribution in [0.5, 0.6) is 0 Å². The van der Waals surface area contributed by atoms with Gasteiger partial charge >= 0.3 is 0 Å². The first kappa shape index (κ1) is 9.48. The van der Waals surface area contributed by atoms with E-state index in [1.165, 1.54) is 12.3 Å². The van der Waals surface area contributed by atoms with Crippen LogP contribution in [-0.4, -0.2) is 17.8 Å². The number of imidazole rings is 1. The highest BCUT2D eigenvalue weighted by Gasteiger charge is 2.10. The first-order valence-electron chi connectivity index (χ1n) is 3.87. The molecule has 0 aliphatic carbocycles. The van der Waals surface area contributed by atoms with Gasteiger partial charge in [0.05, 0.1) is 10.6 Å². The molecule has 0 amide bonds. The Bertz CT molecular complexity index is 588. The largest absolute Gasteiger partial charge is 0.305 e. The second-order valence-electron chi connectivity index (χ2n) is 2.95. The summed E-state index contributed by atoms with van der Waals surface area (Å²) in [6.45, 7) is 1.84. The van der Waals surface area contributed by atoms with E-state index in [0.29, 0.717) is 5.65 Å². The van der Waals surface area contributed by atoms with Crippen molar-refractivity contribution in [1.29, 1.82) is 0 Å². The van der Waals surface area contributed by atoms with Crippen LogP contribution < -0.4 is 0 Å². The van der Waals surface area contributed by atoms with Crippen LogP contribution >= 0.6 is 10.7 Å². The Balaban J connectivity index is 2.74. The molecule has 0 saturated carbocycles. The second kappa shape index (κ2) is 2.96. The molecule has 4 nitrogen and oxygen atoms in total. The van der Waals surface area contributed by atoms with E-state index in [-0.39, 0.29) is 4.90 Å². The maximum Gasteiger partial charge on any atom is 0.262 e. The maximum absolute atomic E-state index is 11.0. The molecule has 2 heterocycles. The molecular weight excluding hydrogens is 224 g/mol. The number of hydrogen-bond donors (Lipinski definition) is 0. The molecular formula is C8H7ClN2O2S. The summed E-state index contributed by atoms with van der Waals surface area (Å²) in [5, 5.41) is 0. The van der Waals surface area contributed by atoms with E-state index in [1.54, 1.807) is 16.7 Å². The van der Waals surface area contributed by atoms with E-state index in [2.05, 4.69) is 4.98 Å². The zero-order valence-electron chi connectivity index (χ0n) is 7.31. The highest BCUT2D eigenvalue weighted by molar-refractivity contribution is 8.13. The van der Waals surface area contributed by atoms with Crippen molar-refractivity contribution in [3.63, 3.8) is 0 Å². The Hall–Kier alpha value is -1.07. The number of rotatable bonds is 1. The summed E-state index contributed by atoms with van der Waals surface area (Å²) < 4.78 is 23.7. The van der Waals surface area contributed by atoms with Crippen molar-refractivity contribution in [2.75, 3.05) is 0 Å². The number of nitrogens with zero attached hydrogens (tertiary/aromatic N) is 2. The molecule has 0 saturated heterocycles. The Morgan fingerprint density at radius 1 is 1.36 bits per heavy atom. The number of hydrogen-bond acceptors (Lipinski definition) is 3. The summed E-state index contributed by atoms with van der Waals surface area (Å²) in [6, 6.07) is 3.05. The molecule has 0 aliphatic heterocycles. The van der Waals surface area contributed by atoms with E-state index in [9.17, 15) is 8.42 Å². The fraction of sp³-hybridized carbons (Fsp3) is 0.125. The zero-order valence-corrected chi connectivity index (χ0v) is 8.88. The van der Waals surface area contributed by atoms with Crippen LogP contribution in [0.25, 0.3) is 5.65 Å². The van der Waals surface area contributed by atoms with Crippen LogP contribution in [0, 0.1) is 6.92 Å². The third-order valence-corrected chi connectivity index (χ3v) is 3.16. The first-order valence-corrected chi connectivity index (χ1v) is 6.18. The maximum atomic E-state index is 11.0. The second-order valence-corrected chi connectivity index (χ2v) is 5.52. The van der Waals surface area contributed by atoms with Gasteiger partial charge in [-0.1, -0.05) is 0 Å². The Morgan fingerprint density at radius 3 is 2.71 bits per heavy atom. The van der Waals surface area contributed by atoms with Gasteiger partial charge in [0.2, 0.25) is 0 Å². The van der Waals surface area contributed by atoms with Crippen LogP contribution in [0.1, 0.15) is 5.69 Å². The molecule has 0 fully saturated rings. The zero-order chi connectivity index (χ0) is 10.3. The summed E-state index contributed by atoms with van der Waals surface area (Å²) in [7, 11) is 1.54. The number of aryl methyl sites for hydroxylation is 1. The first-order chi connectivity index (χ1) is 6.47. The fourth-order valence-electron chi connectivity index (χ4n) is 1.24. The summed E-state index contributed by atoms with van der Waals surface area (Å²) in [5.41, 5.74) is 1.53. The number of aromatic nitrogens is 2. The molecule has 74 valence electrons. The molecule has 0 spiro atoms. The standard InChI is InChI=1S/C8H7ClN2O2S/c1-6-4-11-5-7(14(9,12)13)2-3-8(11)10-6/h2-5H,1H3. The monoisotopic (exact) mass is 230 g/mol. The van der Waals surface area contributed by atoms with Crippen molar-refractivity contribution in [3.8, 4) is 0 Å². The van der Waals surface area contributed by atoms with Crippen molar-refractivity contribution in [2.24, 2.45) is 0 Å². The number of halogens is 1. The van der Waals surface area contributed by atoms with Gasteiger partial charge in [-0.25, -0.2) is 13.4 Å². The van der Waals surface area contributed by atoms with Crippen molar-refractivity contribution in [1.82, 2.24) is 9.38 Å². The van der Waals surface area contributed by atoms with Gasteiger partial charge in [-0.15, -0.1) is 0 Å². The molecule has 0 radical (unpaired) electrons. The van der Waals surface area contributed by atoms with Gasteiger partial charge in [0.25, 0.3) is 9.05 Å². The van der Waals surface area contributed by atoms with Crippen LogP contribution in [0.4, 0.5) is 0 Å². The van der Waals surface area contributed by atoms with E-state index >= 15 is 0 Å². The fourth-order valence-corrected chi connectivity index (χ4v) is 1.99. The lowest BCUT2D eigenvalue weighted by molar-refractivity contribution is 0.609. The molecule has 0 bridgehead atoms. The van der Waals surface area contributed by atoms with Crippen molar-refractivity contribution in [3.05, 3.63) is 30.2 Å². The van der Waals surface area contributed by atoms with E-state index in [1.807, 2.05) is 6.92 Å². The molecule has 0 aromatic carbocycles. The minimum Gasteiger partial charge on any atom is -0.305 e. The minimum absolute atomic E-state index is 0.0732. The van der Waals surface area contributed by atoms with E-state index in [0.717, 1.165) is 5.69 Å². The highest BCUT2D eigenvalue weighted by atomic mass is 35.7. The molecule has 2 aromatic heterocycles. The minimum atomic E-state index is -3.66. The highest BCUT2D eigenvalue weighted by Crippen LogP contribution is 2.15. The Kier molecular flexibility index (Phi) is 2.01. The van der Waals surface area contributed by atoms with Crippen molar-refractivity contribution >= 4 is 25.4 Å². The Morgan fingerprint density at radius 2 is 2.07 bits per heavy atom. The topological polar surface area (TPSA) is 51.4 Å². The van der Waals surface area contributed by atoms with Crippen molar-refractivity contribution in [2.45, 2.75) is 11.8 Å². The van der Waals surface area contributed by atoms with Gasteiger partial charge in [0, 0.05) is 23.1 Å². The molecule has 0 unspecified atom stereocenters. The molecule has 2 aromatic rings. The average molecular weight is 231 g/mol. The predicted molar refractivity (Wildman–Crippen MR) is 53.0 cm³/mol. The molecule has 0 N–H and O–H groups in total. The quantitative estimate of drug-likeness (QED) is 0.699. The van der Waals surface area contributed by atoms with Crippen molar-refractivity contribution < 1.29 is 8.42 Å². The summed E-state index contributed by atoms with van der Waals surface area (Å²) in [6.07, 6.45) is 3.18. The van der Waals surface area contributed by atoms with Gasteiger partial charge in [-0.3, -0.25) is 0 Å². The lowest BCUT2D eigenvalue weighted by Crippen LogP contribution is -1.93. The molecule has 6 heteroatoms. The number of pyridine rings is 1. The summed E-state index contributed by atoms with van der Waals surface area (Å²) in [4.78, 5) is 4.23. The average Bonchev–Trinajstić information content (AvgIpc) is 2.41. The summed E-state index contributed by atoms with van der Waals surface area (Å²) in [5.74, 6) is 0. The van der Waals surface area contributed by atoms with Crippen LogP contribution in [0.15, 0.2) is 29.4 Å². The van der Waals surface area contributed by atoms with Gasteiger partial charge in [-0.05, 0) is 19.1 Å². The lowest BCUT2D eigenvalue weighted by Gasteiger charge is -1.96. The van der Waals surface area contributed by atoms with Crippen LogP contribution in [-0.2, 0) is 9.05 Å². The summed E-state index contributed by atoms with van der Waals surface area (Å²) >= 11 is 0. The lowest BCUT2D eigenvalue weighted by atomic mass is 10.5. The Labute approximate surface area is 85.6 Å². The van der Waals surface area contributed by atoms with Gasteiger partial charge in [0.15, 0.2) is 0 Å². The SMILES string of the molecule is Cc1cn2cc(S(=O)(=O)Cl)ccc2n1. The molecule has 14 heavy (non-hydrogen) atoms. The van der Waals surface area contributed by atoms with Gasteiger partial charge < -0.3 is 4.40 Å². The normalized spacial score (nSPS) is 12.1. The molecule has 0 atom stereocenters. The third kappa shape index (κ3) is 1.60. The van der Waals surface area contributed by atoms with Gasteiger partial charge in [0.1, 0.15) is 5.65 Å². The molecule has 0 aliphatic rings.